The Labute approximate surface area is 160 Å². The van der Waals surface area contributed by atoms with E-state index < -0.39 is 12.1 Å². The van der Waals surface area contributed by atoms with E-state index in [4.69, 9.17) is 9.84 Å². The number of rotatable bonds is 16. The topological polar surface area (TPSA) is 63.6 Å². The summed E-state index contributed by atoms with van der Waals surface area (Å²) in [5, 5.41) is 8.98. The minimum Gasteiger partial charge on any atom is -0.481 e. The molecule has 0 aliphatic heterocycles. The average molecular weight is 373 g/mol. The van der Waals surface area contributed by atoms with Gasteiger partial charge in [0, 0.05) is 6.42 Å². The fraction of sp³-hybridized carbons (Fsp3) is 0.905. The summed E-state index contributed by atoms with van der Waals surface area (Å²) >= 11 is 0. The van der Waals surface area contributed by atoms with E-state index >= 15 is 0 Å². The predicted octanol–water partition coefficient (Wildman–Crippen LogP) is 4.64. The van der Waals surface area contributed by atoms with Crippen LogP contribution in [-0.2, 0) is 14.3 Å². The fourth-order valence-electron chi connectivity index (χ4n) is 3.30. The third kappa shape index (κ3) is 16.4. The van der Waals surface area contributed by atoms with E-state index in [2.05, 4.69) is 13.8 Å². The second kappa shape index (κ2) is 14.0. The molecule has 0 bridgehead atoms. The van der Waals surface area contributed by atoms with E-state index in [9.17, 15) is 9.59 Å². The zero-order valence-corrected chi connectivity index (χ0v) is 17.8. The molecule has 0 saturated heterocycles. The second-order valence-electron chi connectivity index (χ2n) is 8.74. The van der Waals surface area contributed by atoms with E-state index in [-0.39, 0.29) is 12.4 Å². The minimum atomic E-state index is -0.926. The molecule has 0 rings (SSSR count). The van der Waals surface area contributed by atoms with Crippen LogP contribution in [0.3, 0.4) is 0 Å². The van der Waals surface area contributed by atoms with Crippen molar-refractivity contribution >= 4 is 11.9 Å². The standard InChI is InChI=1S/C21H41NO4/c1-6-13-18(2)14-11-9-7-8-10-12-15-21(25)26-19(16-20(23)24)17-22(3,4)5/h18-19H,6-17H2,1-5H3/p+1. The van der Waals surface area contributed by atoms with Crippen LogP contribution in [0.15, 0.2) is 0 Å². The van der Waals surface area contributed by atoms with Crippen molar-refractivity contribution in [3.05, 3.63) is 0 Å². The van der Waals surface area contributed by atoms with Gasteiger partial charge in [0.2, 0.25) is 0 Å². The average Bonchev–Trinajstić information content (AvgIpc) is 2.47. The van der Waals surface area contributed by atoms with Crippen LogP contribution in [0.1, 0.15) is 84.5 Å². The molecule has 0 amide bonds. The lowest BCUT2D eigenvalue weighted by Gasteiger charge is -2.28. The largest absolute Gasteiger partial charge is 0.481 e. The summed E-state index contributed by atoms with van der Waals surface area (Å²) in [6.07, 6.45) is 10.5. The summed E-state index contributed by atoms with van der Waals surface area (Å²) < 4.78 is 5.97. The van der Waals surface area contributed by atoms with Gasteiger partial charge in [-0.3, -0.25) is 9.59 Å². The van der Waals surface area contributed by atoms with Gasteiger partial charge in [0.15, 0.2) is 6.10 Å². The van der Waals surface area contributed by atoms with E-state index in [1.54, 1.807) is 0 Å². The Hall–Kier alpha value is -1.10. The summed E-state index contributed by atoms with van der Waals surface area (Å²) in [6.45, 7) is 5.09. The Kier molecular flexibility index (Phi) is 13.4. The van der Waals surface area contributed by atoms with Crippen molar-refractivity contribution in [3.8, 4) is 0 Å². The molecule has 26 heavy (non-hydrogen) atoms. The summed E-state index contributed by atoms with van der Waals surface area (Å²) in [4.78, 5) is 22.9. The molecule has 0 aliphatic carbocycles. The third-order valence-corrected chi connectivity index (χ3v) is 4.56. The van der Waals surface area contributed by atoms with Gasteiger partial charge >= 0.3 is 11.9 Å². The molecule has 0 aliphatic rings. The summed E-state index contributed by atoms with van der Waals surface area (Å²) in [6, 6.07) is 0. The predicted molar refractivity (Wildman–Crippen MR) is 106 cm³/mol. The Morgan fingerprint density at radius 1 is 0.962 bits per heavy atom. The molecule has 1 N–H and O–H groups in total. The molecule has 2 unspecified atom stereocenters. The normalized spacial score (nSPS) is 14.0. The smallest absolute Gasteiger partial charge is 0.307 e. The van der Waals surface area contributed by atoms with Gasteiger partial charge in [-0.1, -0.05) is 65.2 Å². The zero-order valence-electron chi connectivity index (χ0n) is 17.8. The van der Waals surface area contributed by atoms with Crippen molar-refractivity contribution in [2.45, 2.75) is 90.6 Å². The first-order valence-corrected chi connectivity index (χ1v) is 10.4. The van der Waals surface area contributed by atoms with Crippen LogP contribution in [0.5, 0.6) is 0 Å². The van der Waals surface area contributed by atoms with E-state index in [0.717, 1.165) is 25.2 Å². The van der Waals surface area contributed by atoms with E-state index in [0.29, 0.717) is 17.4 Å². The Bertz CT molecular complexity index is 390. The van der Waals surface area contributed by atoms with Gasteiger partial charge in [0.1, 0.15) is 6.54 Å². The molecule has 154 valence electrons. The molecule has 0 aromatic carbocycles. The van der Waals surface area contributed by atoms with Gasteiger partial charge in [-0.25, -0.2) is 0 Å². The van der Waals surface area contributed by atoms with Crippen molar-refractivity contribution in [2.75, 3.05) is 27.7 Å². The maximum Gasteiger partial charge on any atom is 0.307 e. The Morgan fingerprint density at radius 3 is 2.08 bits per heavy atom. The van der Waals surface area contributed by atoms with Gasteiger partial charge in [0.25, 0.3) is 0 Å². The van der Waals surface area contributed by atoms with Gasteiger partial charge in [-0.05, 0) is 12.3 Å². The van der Waals surface area contributed by atoms with Crippen molar-refractivity contribution in [2.24, 2.45) is 5.92 Å². The van der Waals surface area contributed by atoms with Gasteiger partial charge < -0.3 is 14.3 Å². The lowest BCUT2D eigenvalue weighted by molar-refractivity contribution is -0.873. The number of quaternary nitrogens is 1. The monoisotopic (exact) mass is 372 g/mol. The summed E-state index contributed by atoms with van der Waals surface area (Å²) in [5.74, 6) is -0.345. The number of esters is 1. The second-order valence-corrected chi connectivity index (χ2v) is 8.74. The van der Waals surface area contributed by atoms with Crippen molar-refractivity contribution in [3.63, 3.8) is 0 Å². The third-order valence-electron chi connectivity index (χ3n) is 4.56. The first-order valence-electron chi connectivity index (χ1n) is 10.4. The molecule has 0 aromatic heterocycles. The molecule has 0 saturated carbocycles. The number of aliphatic carboxylic acids is 1. The highest BCUT2D eigenvalue weighted by Crippen LogP contribution is 2.16. The maximum atomic E-state index is 12.0. The lowest BCUT2D eigenvalue weighted by atomic mass is 9.98. The van der Waals surface area contributed by atoms with E-state index in [1.165, 1.54) is 38.5 Å². The highest BCUT2D eigenvalue weighted by molar-refractivity contribution is 5.71. The molecule has 0 fully saturated rings. The van der Waals surface area contributed by atoms with Crippen LogP contribution in [0.2, 0.25) is 0 Å². The molecule has 0 aromatic rings. The van der Waals surface area contributed by atoms with Crippen LogP contribution in [0.25, 0.3) is 0 Å². The number of hydrogen-bond donors (Lipinski definition) is 1. The van der Waals surface area contributed by atoms with Gasteiger partial charge in [-0.2, -0.15) is 0 Å². The number of carbonyl (C=O) groups is 2. The molecule has 0 spiro atoms. The number of nitrogens with zero attached hydrogens (tertiary/aromatic N) is 1. The van der Waals surface area contributed by atoms with Crippen LogP contribution in [0.4, 0.5) is 0 Å². The fourth-order valence-corrected chi connectivity index (χ4v) is 3.30. The molecule has 5 nitrogen and oxygen atoms in total. The Morgan fingerprint density at radius 2 is 1.54 bits per heavy atom. The van der Waals surface area contributed by atoms with Gasteiger partial charge in [0.05, 0.1) is 27.6 Å². The van der Waals surface area contributed by atoms with Crippen LogP contribution in [-0.4, -0.2) is 55.3 Å². The van der Waals surface area contributed by atoms with Crippen molar-refractivity contribution in [1.82, 2.24) is 0 Å². The first-order chi connectivity index (χ1) is 12.1. The van der Waals surface area contributed by atoms with Crippen LogP contribution in [0, 0.1) is 5.92 Å². The van der Waals surface area contributed by atoms with Crippen LogP contribution >= 0.6 is 0 Å². The molecule has 0 radical (unpaired) electrons. The van der Waals surface area contributed by atoms with Crippen molar-refractivity contribution < 1.29 is 23.9 Å². The number of carboxylic acids is 1. The number of carboxylic acid groups (broad SMARTS) is 1. The maximum absolute atomic E-state index is 12.0. The minimum absolute atomic E-state index is 0.127. The number of unbranched alkanes of at least 4 members (excludes halogenated alkanes) is 5. The number of likely N-dealkylation sites (N-methyl/N-ethyl adjacent to an activating group) is 1. The number of carbonyl (C=O) groups excluding carboxylic acids is 1. The molecule has 0 heterocycles. The molecular formula is C21H42NO4+. The van der Waals surface area contributed by atoms with Gasteiger partial charge in [-0.15, -0.1) is 0 Å². The first kappa shape index (κ1) is 24.9. The quantitative estimate of drug-likeness (QED) is 0.244. The lowest BCUT2D eigenvalue weighted by Crippen LogP contribution is -2.43. The summed E-state index contributed by atoms with van der Waals surface area (Å²) in [7, 11) is 5.89. The molecular weight excluding hydrogens is 330 g/mol. The Balaban J connectivity index is 3.81. The highest BCUT2D eigenvalue weighted by atomic mass is 16.5. The van der Waals surface area contributed by atoms with Crippen molar-refractivity contribution in [1.29, 1.82) is 0 Å². The SMILES string of the molecule is CCCC(C)CCCCCCCCC(=O)OC(CC(=O)O)C[N+](C)(C)C. The zero-order chi connectivity index (χ0) is 20.0. The van der Waals surface area contributed by atoms with Crippen LogP contribution < -0.4 is 0 Å². The number of ether oxygens (including phenoxy) is 1. The molecule has 5 heteroatoms. The molecule has 2 atom stereocenters. The van der Waals surface area contributed by atoms with E-state index in [1.807, 2.05) is 21.1 Å². The highest BCUT2D eigenvalue weighted by Gasteiger charge is 2.24. The summed E-state index contributed by atoms with van der Waals surface area (Å²) in [5.41, 5.74) is 0. The number of hydrogen-bond acceptors (Lipinski definition) is 3.